The topological polar surface area (TPSA) is 75.7 Å². The molecule has 0 aliphatic carbocycles. The predicted molar refractivity (Wildman–Crippen MR) is 106 cm³/mol. The Kier molecular flexibility index (Phi) is 7.38. The molecule has 0 radical (unpaired) electrons. The monoisotopic (exact) mass is 390 g/mol. The zero-order valence-corrected chi connectivity index (χ0v) is 16.7. The van der Waals surface area contributed by atoms with Crippen LogP contribution < -0.4 is 10.1 Å². The molecule has 2 aromatic carbocycles. The Hall–Kier alpha value is -2.38. The van der Waals surface area contributed by atoms with Crippen molar-refractivity contribution in [1.82, 2.24) is 9.62 Å². The van der Waals surface area contributed by atoms with E-state index in [1.54, 1.807) is 14.0 Å². The van der Waals surface area contributed by atoms with E-state index in [-0.39, 0.29) is 12.5 Å². The summed E-state index contributed by atoms with van der Waals surface area (Å²) >= 11 is 0. The molecule has 6 nitrogen and oxygen atoms in total. The molecule has 146 valence electrons. The van der Waals surface area contributed by atoms with Gasteiger partial charge in [0.2, 0.25) is 15.9 Å². The Balaban J connectivity index is 1.93. The van der Waals surface area contributed by atoms with Crippen molar-refractivity contribution in [2.75, 3.05) is 26.5 Å². The van der Waals surface area contributed by atoms with Crippen LogP contribution in [0.2, 0.25) is 0 Å². The lowest BCUT2D eigenvalue weighted by atomic mass is 10.1. The molecule has 1 unspecified atom stereocenters. The Labute approximate surface area is 161 Å². The molecule has 0 aromatic heterocycles. The fraction of sp³-hybridized carbons (Fsp3) is 0.350. The fourth-order valence-corrected chi connectivity index (χ4v) is 3.82. The maximum atomic E-state index is 12.3. The zero-order valence-electron chi connectivity index (χ0n) is 15.9. The van der Waals surface area contributed by atoms with Gasteiger partial charge in [-0.2, -0.15) is 4.31 Å². The average Bonchev–Trinajstić information content (AvgIpc) is 2.66. The molecule has 1 N–H and O–H groups in total. The predicted octanol–water partition coefficient (Wildman–Crippen LogP) is 2.38. The number of methoxy groups -OCH3 is 1. The van der Waals surface area contributed by atoms with Crippen LogP contribution in [0.5, 0.6) is 5.75 Å². The third kappa shape index (κ3) is 6.37. The average molecular weight is 391 g/mol. The zero-order chi connectivity index (χ0) is 19.9. The van der Waals surface area contributed by atoms with E-state index in [0.717, 1.165) is 23.1 Å². The van der Waals surface area contributed by atoms with Gasteiger partial charge in [-0.25, -0.2) is 8.42 Å². The molecule has 0 saturated heterocycles. The van der Waals surface area contributed by atoms with Gasteiger partial charge >= 0.3 is 0 Å². The van der Waals surface area contributed by atoms with Crippen molar-refractivity contribution >= 4 is 15.9 Å². The van der Waals surface area contributed by atoms with Crippen molar-refractivity contribution < 1.29 is 17.9 Å². The second-order valence-corrected chi connectivity index (χ2v) is 8.28. The largest absolute Gasteiger partial charge is 0.497 e. The molecule has 0 fully saturated rings. The first-order valence-corrected chi connectivity index (χ1v) is 10.6. The Morgan fingerprint density at radius 1 is 1.11 bits per heavy atom. The quantitative estimate of drug-likeness (QED) is 0.713. The summed E-state index contributed by atoms with van der Waals surface area (Å²) in [5.41, 5.74) is 1.91. The van der Waals surface area contributed by atoms with Gasteiger partial charge in [-0.15, -0.1) is 0 Å². The Morgan fingerprint density at radius 3 is 2.30 bits per heavy atom. The number of amides is 1. The lowest BCUT2D eigenvalue weighted by Crippen LogP contribution is -2.42. The smallest absolute Gasteiger partial charge is 0.235 e. The van der Waals surface area contributed by atoms with Crippen molar-refractivity contribution in [2.45, 2.75) is 19.4 Å². The summed E-state index contributed by atoms with van der Waals surface area (Å²) < 4.78 is 30.7. The third-order valence-corrected chi connectivity index (χ3v) is 5.63. The number of carbonyl (C=O) groups is 1. The van der Waals surface area contributed by atoms with E-state index in [1.807, 2.05) is 54.6 Å². The molecular formula is C20H26N2O4S. The second-order valence-electron chi connectivity index (χ2n) is 6.34. The lowest BCUT2D eigenvalue weighted by molar-refractivity contribution is -0.121. The van der Waals surface area contributed by atoms with E-state index in [4.69, 9.17) is 4.74 Å². The summed E-state index contributed by atoms with van der Waals surface area (Å²) in [7, 11) is -1.92. The number of nitrogens with one attached hydrogen (secondary N) is 1. The summed E-state index contributed by atoms with van der Waals surface area (Å²) in [5.74, 6) is 0.457. The van der Waals surface area contributed by atoms with Crippen LogP contribution in [0.1, 0.15) is 24.1 Å². The number of ether oxygens (including phenoxy) is 1. The van der Waals surface area contributed by atoms with Crippen molar-refractivity contribution in [3.05, 3.63) is 65.7 Å². The highest BCUT2D eigenvalue weighted by Crippen LogP contribution is 2.22. The van der Waals surface area contributed by atoms with Crippen molar-refractivity contribution in [3.63, 3.8) is 0 Å². The van der Waals surface area contributed by atoms with E-state index in [1.165, 1.54) is 4.31 Å². The summed E-state index contributed by atoms with van der Waals surface area (Å²) in [6.07, 6.45) is 1.78. The number of hydrogen-bond acceptors (Lipinski definition) is 4. The molecule has 1 amide bonds. The van der Waals surface area contributed by atoms with Gasteiger partial charge in [0.15, 0.2) is 0 Å². The van der Waals surface area contributed by atoms with E-state index in [9.17, 15) is 13.2 Å². The van der Waals surface area contributed by atoms with E-state index in [0.29, 0.717) is 13.0 Å². The van der Waals surface area contributed by atoms with Crippen molar-refractivity contribution in [1.29, 1.82) is 0 Å². The Bertz CT molecular complexity index is 836. The van der Waals surface area contributed by atoms with Crippen LogP contribution in [0.25, 0.3) is 0 Å². The minimum Gasteiger partial charge on any atom is -0.497 e. The molecular weight excluding hydrogens is 364 g/mol. The summed E-state index contributed by atoms with van der Waals surface area (Å²) in [5, 5.41) is 2.79. The summed E-state index contributed by atoms with van der Waals surface area (Å²) in [6, 6.07) is 16.4. The molecule has 0 heterocycles. The van der Waals surface area contributed by atoms with Gasteiger partial charge in [0.1, 0.15) is 5.75 Å². The minimum absolute atomic E-state index is 0.211. The molecule has 1 atom stereocenters. The SMILES string of the molecule is COc1ccc(CCNC(=O)CN(C(C)c2ccccc2)S(C)(=O)=O)cc1. The first-order valence-electron chi connectivity index (χ1n) is 8.72. The first kappa shape index (κ1) is 20.9. The van der Waals surface area contributed by atoms with E-state index in [2.05, 4.69) is 5.32 Å². The van der Waals surface area contributed by atoms with Crippen LogP contribution in [-0.4, -0.2) is 45.1 Å². The number of rotatable bonds is 9. The van der Waals surface area contributed by atoms with Gasteiger partial charge in [0, 0.05) is 12.6 Å². The highest BCUT2D eigenvalue weighted by atomic mass is 32.2. The van der Waals surface area contributed by atoms with Crippen molar-refractivity contribution in [3.8, 4) is 5.75 Å². The molecule has 2 rings (SSSR count). The number of carbonyl (C=O) groups excluding carboxylic acids is 1. The summed E-state index contributed by atoms with van der Waals surface area (Å²) in [6.45, 7) is 2.00. The Morgan fingerprint density at radius 2 is 1.74 bits per heavy atom. The van der Waals surface area contributed by atoms with Crippen LogP contribution in [0.4, 0.5) is 0 Å². The van der Waals surface area contributed by atoms with Gasteiger partial charge in [0.05, 0.1) is 19.9 Å². The van der Waals surface area contributed by atoms with Crippen LogP contribution in [-0.2, 0) is 21.2 Å². The van der Waals surface area contributed by atoms with Gasteiger partial charge in [-0.1, -0.05) is 42.5 Å². The fourth-order valence-electron chi connectivity index (χ4n) is 2.78. The number of nitrogens with zero attached hydrogens (tertiary/aromatic N) is 1. The van der Waals surface area contributed by atoms with Gasteiger partial charge < -0.3 is 10.1 Å². The van der Waals surface area contributed by atoms with E-state index < -0.39 is 16.1 Å². The first-order chi connectivity index (χ1) is 12.8. The maximum Gasteiger partial charge on any atom is 0.235 e. The molecule has 7 heteroatoms. The third-order valence-electron chi connectivity index (χ3n) is 4.33. The highest BCUT2D eigenvalue weighted by Gasteiger charge is 2.26. The lowest BCUT2D eigenvalue weighted by Gasteiger charge is -2.26. The number of benzene rings is 2. The van der Waals surface area contributed by atoms with Crippen molar-refractivity contribution in [2.24, 2.45) is 0 Å². The van der Waals surface area contributed by atoms with Crippen LogP contribution in [0, 0.1) is 0 Å². The number of hydrogen-bond donors (Lipinski definition) is 1. The number of sulfonamides is 1. The van der Waals surface area contributed by atoms with Gasteiger partial charge in [0.25, 0.3) is 0 Å². The van der Waals surface area contributed by atoms with E-state index >= 15 is 0 Å². The van der Waals surface area contributed by atoms with Crippen LogP contribution in [0.15, 0.2) is 54.6 Å². The molecule has 27 heavy (non-hydrogen) atoms. The van der Waals surface area contributed by atoms with Gasteiger partial charge in [-0.3, -0.25) is 4.79 Å². The molecule has 0 bridgehead atoms. The molecule has 0 saturated carbocycles. The van der Waals surface area contributed by atoms with Crippen LogP contribution in [0.3, 0.4) is 0 Å². The standard InChI is InChI=1S/C20H26N2O4S/c1-16(18-7-5-4-6-8-18)22(27(3,24)25)15-20(23)21-14-13-17-9-11-19(26-2)12-10-17/h4-12,16H,13-15H2,1-3H3,(H,21,23). The highest BCUT2D eigenvalue weighted by molar-refractivity contribution is 7.88. The van der Waals surface area contributed by atoms with Crippen LogP contribution >= 0.6 is 0 Å². The maximum absolute atomic E-state index is 12.3. The van der Waals surface area contributed by atoms with Gasteiger partial charge in [-0.05, 0) is 36.6 Å². The summed E-state index contributed by atoms with van der Waals surface area (Å²) in [4.78, 5) is 12.3. The molecule has 2 aromatic rings. The normalized spacial score (nSPS) is 12.6. The minimum atomic E-state index is -3.53. The molecule has 0 spiro atoms. The molecule has 0 aliphatic rings. The second kappa shape index (κ2) is 9.53. The molecule has 0 aliphatic heterocycles.